The minimum absolute atomic E-state index is 0.355. The quantitative estimate of drug-likeness (QED) is 0.783. The molecule has 14 heavy (non-hydrogen) atoms. The van der Waals surface area contributed by atoms with E-state index in [0.717, 1.165) is 0 Å². The fourth-order valence-corrected chi connectivity index (χ4v) is 1.82. The van der Waals surface area contributed by atoms with Gasteiger partial charge in [0.25, 0.3) is 0 Å². The van der Waals surface area contributed by atoms with E-state index in [-0.39, 0.29) is 0 Å². The van der Waals surface area contributed by atoms with Gasteiger partial charge in [-0.1, -0.05) is 13.0 Å². The van der Waals surface area contributed by atoms with Gasteiger partial charge in [-0.25, -0.2) is 0 Å². The average Bonchev–Trinajstić information content (AvgIpc) is 2.19. The molecule has 0 fully saturated rings. The molecule has 1 rings (SSSR count). The fourth-order valence-electron chi connectivity index (χ4n) is 1.82. The van der Waals surface area contributed by atoms with Crippen LogP contribution in [-0.2, 0) is 0 Å². The molecular weight excluding hydrogens is 174 g/mol. The standard InChI is InChI=1S/C11H19N3/c1-9(7-12)11(14(2)3)10-5-4-6-13-8-10/h4-6,8-9,11H,7,12H2,1-3H3. The van der Waals surface area contributed by atoms with Crippen LogP contribution in [0.4, 0.5) is 0 Å². The highest BCUT2D eigenvalue weighted by Crippen LogP contribution is 2.24. The molecule has 2 unspecified atom stereocenters. The Morgan fingerprint density at radius 2 is 2.21 bits per heavy atom. The third kappa shape index (κ3) is 2.53. The second-order valence-electron chi connectivity index (χ2n) is 3.91. The van der Waals surface area contributed by atoms with Gasteiger partial charge in [0.15, 0.2) is 0 Å². The molecule has 2 N–H and O–H groups in total. The van der Waals surface area contributed by atoms with Crippen molar-refractivity contribution in [1.29, 1.82) is 0 Å². The van der Waals surface area contributed by atoms with Crippen LogP contribution in [0.3, 0.4) is 0 Å². The smallest absolute Gasteiger partial charge is 0.0394 e. The molecule has 78 valence electrons. The summed E-state index contributed by atoms with van der Waals surface area (Å²) in [7, 11) is 4.15. The Morgan fingerprint density at radius 1 is 1.50 bits per heavy atom. The highest BCUT2D eigenvalue weighted by Gasteiger charge is 2.20. The molecule has 2 atom stereocenters. The molecule has 0 aromatic carbocycles. The Hall–Kier alpha value is -0.930. The van der Waals surface area contributed by atoms with Gasteiger partial charge in [-0.05, 0) is 38.2 Å². The molecule has 0 saturated carbocycles. The largest absolute Gasteiger partial charge is 0.330 e. The number of hydrogen-bond acceptors (Lipinski definition) is 3. The number of pyridine rings is 1. The molecule has 3 heteroatoms. The molecule has 0 radical (unpaired) electrons. The third-order valence-corrected chi connectivity index (χ3v) is 2.49. The van der Waals surface area contributed by atoms with E-state index in [1.165, 1.54) is 5.56 Å². The summed E-state index contributed by atoms with van der Waals surface area (Å²) in [6.07, 6.45) is 3.71. The van der Waals surface area contributed by atoms with Gasteiger partial charge in [-0.3, -0.25) is 4.98 Å². The topological polar surface area (TPSA) is 42.1 Å². The van der Waals surface area contributed by atoms with Crippen molar-refractivity contribution in [3.8, 4) is 0 Å². The van der Waals surface area contributed by atoms with Crippen LogP contribution in [0.5, 0.6) is 0 Å². The van der Waals surface area contributed by atoms with Gasteiger partial charge < -0.3 is 10.6 Å². The van der Waals surface area contributed by atoms with E-state index >= 15 is 0 Å². The molecule has 3 nitrogen and oxygen atoms in total. The normalized spacial score (nSPS) is 15.5. The van der Waals surface area contributed by atoms with Crippen molar-refractivity contribution in [1.82, 2.24) is 9.88 Å². The zero-order valence-electron chi connectivity index (χ0n) is 9.14. The van der Waals surface area contributed by atoms with E-state index in [0.29, 0.717) is 18.5 Å². The van der Waals surface area contributed by atoms with Crippen LogP contribution < -0.4 is 5.73 Å². The molecule has 0 aliphatic carbocycles. The van der Waals surface area contributed by atoms with E-state index in [2.05, 4.69) is 37.0 Å². The van der Waals surface area contributed by atoms with Crippen molar-refractivity contribution >= 4 is 0 Å². The molecule has 0 aliphatic rings. The molecule has 1 heterocycles. The molecule has 1 aromatic rings. The summed E-state index contributed by atoms with van der Waals surface area (Å²) < 4.78 is 0. The van der Waals surface area contributed by atoms with Crippen molar-refractivity contribution in [2.45, 2.75) is 13.0 Å². The molecule has 1 aromatic heterocycles. The van der Waals surface area contributed by atoms with E-state index in [9.17, 15) is 0 Å². The van der Waals surface area contributed by atoms with Crippen molar-refractivity contribution in [3.63, 3.8) is 0 Å². The lowest BCUT2D eigenvalue weighted by Gasteiger charge is -2.29. The number of hydrogen-bond donors (Lipinski definition) is 1. The van der Waals surface area contributed by atoms with Crippen LogP contribution >= 0.6 is 0 Å². The lowest BCUT2D eigenvalue weighted by Crippen LogP contribution is -2.30. The second kappa shape index (κ2) is 5.08. The van der Waals surface area contributed by atoms with E-state index in [1.54, 1.807) is 6.20 Å². The second-order valence-corrected chi connectivity index (χ2v) is 3.91. The van der Waals surface area contributed by atoms with Crippen LogP contribution in [-0.4, -0.2) is 30.5 Å². The molecule has 0 spiro atoms. The first kappa shape index (κ1) is 11.1. The number of nitrogens with two attached hydrogens (primary N) is 1. The first-order chi connectivity index (χ1) is 6.66. The van der Waals surface area contributed by atoms with Gasteiger partial charge in [0.05, 0.1) is 0 Å². The first-order valence-electron chi connectivity index (χ1n) is 4.93. The number of aromatic nitrogens is 1. The Balaban J connectivity index is 2.89. The summed E-state index contributed by atoms with van der Waals surface area (Å²) in [5, 5.41) is 0. The maximum Gasteiger partial charge on any atom is 0.0394 e. The third-order valence-electron chi connectivity index (χ3n) is 2.49. The Bertz CT molecular complexity index is 258. The Kier molecular flexibility index (Phi) is 4.04. The monoisotopic (exact) mass is 193 g/mol. The van der Waals surface area contributed by atoms with Gasteiger partial charge in [-0.15, -0.1) is 0 Å². The summed E-state index contributed by atoms with van der Waals surface area (Å²) in [5.41, 5.74) is 6.93. The lowest BCUT2D eigenvalue weighted by molar-refractivity contribution is 0.227. The molecule has 0 amide bonds. The maximum atomic E-state index is 5.70. The highest BCUT2D eigenvalue weighted by molar-refractivity contribution is 5.14. The molecular formula is C11H19N3. The van der Waals surface area contributed by atoms with Gasteiger partial charge in [0, 0.05) is 18.4 Å². The van der Waals surface area contributed by atoms with E-state index in [1.807, 2.05) is 12.3 Å². The minimum atomic E-state index is 0.355. The predicted octanol–water partition coefficient (Wildman–Crippen LogP) is 1.28. The Morgan fingerprint density at radius 3 is 2.64 bits per heavy atom. The van der Waals surface area contributed by atoms with Crippen molar-refractivity contribution in [2.24, 2.45) is 11.7 Å². The number of rotatable bonds is 4. The van der Waals surface area contributed by atoms with Crippen molar-refractivity contribution < 1.29 is 0 Å². The molecule has 0 bridgehead atoms. The van der Waals surface area contributed by atoms with Crippen LogP contribution in [0.15, 0.2) is 24.5 Å². The van der Waals surface area contributed by atoms with E-state index < -0.39 is 0 Å². The summed E-state index contributed by atoms with van der Waals surface area (Å²) in [6, 6.07) is 4.42. The molecule has 0 aliphatic heterocycles. The summed E-state index contributed by atoms with van der Waals surface area (Å²) in [4.78, 5) is 6.33. The predicted molar refractivity (Wildman–Crippen MR) is 58.9 cm³/mol. The van der Waals surface area contributed by atoms with Gasteiger partial charge in [-0.2, -0.15) is 0 Å². The minimum Gasteiger partial charge on any atom is -0.330 e. The lowest BCUT2D eigenvalue weighted by atomic mass is 9.95. The SMILES string of the molecule is CC(CN)C(c1cccnc1)N(C)C. The zero-order valence-corrected chi connectivity index (χ0v) is 9.14. The summed E-state index contributed by atoms with van der Waals surface area (Å²) in [5.74, 6) is 0.439. The van der Waals surface area contributed by atoms with Gasteiger partial charge in [0.1, 0.15) is 0 Å². The highest BCUT2D eigenvalue weighted by atomic mass is 15.1. The van der Waals surface area contributed by atoms with Crippen molar-refractivity contribution in [2.75, 3.05) is 20.6 Å². The van der Waals surface area contributed by atoms with Crippen LogP contribution in [0.2, 0.25) is 0 Å². The first-order valence-corrected chi connectivity index (χ1v) is 4.93. The number of nitrogens with zero attached hydrogens (tertiary/aromatic N) is 2. The van der Waals surface area contributed by atoms with Gasteiger partial charge >= 0.3 is 0 Å². The van der Waals surface area contributed by atoms with Gasteiger partial charge in [0.2, 0.25) is 0 Å². The Labute approximate surface area is 85.9 Å². The zero-order chi connectivity index (χ0) is 10.6. The molecule has 0 saturated heterocycles. The fraction of sp³-hybridized carbons (Fsp3) is 0.545. The average molecular weight is 193 g/mol. The van der Waals surface area contributed by atoms with Crippen molar-refractivity contribution in [3.05, 3.63) is 30.1 Å². The summed E-state index contributed by atoms with van der Waals surface area (Å²) in [6.45, 7) is 2.86. The van der Waals surface area contributed by atoms with E-state index in [4.69, 9.17) is 5.73 Å². The van der Waals surface area contributed by atoms with Crippen LogP contribution in [0.1, 0.15) is 18.5 Å². The summed E-state index contributed by atoms with van der Waals surface area (Å²) >= 11 is 0. The maximum absolute atomic E-state index is 5.70. The van der Waals surface area contributed by atoms with Crippen LogP contribution in [0.25, 0.3) is 0 Å². The van der Waals surface area contributed by atoms with Crippen LogP contribution in [0, 0.1) is 5.92 Å².